The standard InChI is InChI=1S/C25H36FN5O6S/c1-3-30-17-18(6-5-9-26)22(23(30)24(27)33)28-25(34)20-16-19(7-8-21(20)37-4-2)38(35,36)31-12-10-29(11-13-31)14-15-32/h7-8,16-17,32H,3-6,9-15H2,1-2H3,(H2,27,33)(H,28,34). The number of sulfonamides is 1. The van der Waals surface area contributed by atoms with Crippen LogP contribution in [0.4, 0.5) is 10.1 Å². The molecule has 2 amide bonds. The SMILES string of the molecule is CCOc1ccc(S(=O)(=O)N2CCN(CCO)CC2)cc1C(=O)Nc1c(CCCF)cn(CC)c1C(N)=O. The van der Waals surface area contributed by atoms with Gasteiger partial charge in [0.25, 0.3) is 11.8 Å². The van der Waals surface area contributed by atoms with E-state index in [1.807, 2.05) is 11.8 Å². The lowest BCUT2D eigenvalue weighted by Crippen LogP contribution is -2.49. The number of halogens is 1. The minimum atomic E-state index is -3.91. The number of piperazine rings is 1. The highest BCUT2D eigenvalue weighted by Gasteiger charge is 2.30. The third-order valence-electron chi connectivity index (χ3n) is 6.43. The number of amides is 2. The number of hydrogen-bond acceptors (Lipinski definition) is 7. The van der Waals surface area contributed by atoms with Crippen molar-refractivity contribution in [1.29, 1.82) is 0 Å². The van der Waals surface area contributed by atoms with Gasteiger partial charge in [-0.05, 0) is 50.5 Å². The van der Waals surface area contributed by atoms with Crippen molar-refractivity contribution in [2.75, 3.05) is 57.9 Å². The fourth-order valence-electron chi connectivity index (χ4n) is 4.51. The quantitative estimate of drug-likeness (QED) is 0.340. The number of anilines is 1. The molecule has 0 bridgehead atoms. The van der Waals surface area contributed by atoms with Crippen molar-refractivity contribution in [2.45, 2.75) is 38.1 Å². The molecule has 11 nitrogen and oxygen atoms in total. The van der Waals surface area contributed by atoms with Gasteiger partial charge in [-0.2, -0.15) is 4.31 Å². The van der Waals surface area contributed by atoms with Crippen LogP contribution in [-0.2, 0) is 23.0 Å². The van der Waals surface area contributed by atoms with E-state index in [2.05, 4.69) is 5.32 Å². The number of nitrogens with one attached hydrogen (secondary N) is 1. The number of alkyl halides is 1. The minimum Gasteiger partial charge on any atom is -0.493 e. The molecule has 13 heteroatoms. The smallest absolute Gasteiger partial charge is 0.267 e. The van der Waals surface area contributed by atoms with Gasteiger partial charge in [0.1, 0.15) is 11.4 Å². The normalized spacial score (nSPS) is 14.9. The Bertz CT molecular complexity index is 1240. The number of aliphatic hydroxyl groups is 1. The summed E-state index contributed by atoms with van der Waals surface area (Å²) < 4.78 is 48.3. The van der Waals surface area contributed by atoms with E-state index in [0.717, 1.165) is 0 Å². The molecule has 0 saturated carbocycles. The van der Waals surface area contributed by atoms with Crippen molar-refractivity contribution in [2.24, 2.45) is 5.73 Å². The van der Waals surface area contributed by atoms with Gasteiger partial charge in [-0.25, -0.2) is 8.42 Å². The lowest BCUT2D eigenvalue weighted by atomic mass is 10.1. The lowest BCUT2D eigenvalue weighted by Gasteiger charge is -2.33. The molecule has 0 radical (unpaired) electrons. The number of aryl methyl sites for hydroxylation is 2. The van der Waals surface area contributed by atoms with Gasteiger partial charge in [0.2, 0.25) is 10.0 Å². The monoisotopic (exact) mass is 553 g/mol. The average molecular weight is 554 g/mol. The molecule has 1 aromatic carbocycles. The lowest BCUT2D eigenvalue weighted by molar-refractivity contribution is 0.0992. The number of carbonyl (C=O) groups excluding carboxylic acids is 2. The van der Waals surface area contributed by atoms with Crippen LogP contribution in [0.2, 0.25) is 0 Å². The second-order valence-electron chi connectivity index (χ2n) is 8.84. The number of nitrogens with two attached hydrogens (primary N) is 1. The van der Waals surface area contributed by atoms with Gasteiger partial charge in [0.05, 0.1) is 36.0 Å². The van der Waals surface area contributed by atoms with Crippen LogP contribution in [0, 0.1) is 0 Å². The van der Waals surface area contributed by atoms with Gasteiger partial charge in [-0.3, -0.25) is 18.9 Å². The van der Waals surface area contributed by atoms with Crippen LogP contribution < -0.4 is 15.8 Å². The number of ether oxygens (including phenoxy) is 1. The van der Waals surface area contributed by atoms with Crippen molar-refractivity contribution >= 4 is 27.5 Å². The van der Waals surface area contributed by atoms with E-state index in [9.17, 15) is 22.4 Å². The van der Waals surface area contributed by atoms with Crippen molar-refractivity contribution in [3.8, 4) is 5.75 Å². The molecular formula is C25H36FN5O6S. The third-order valence-corrected chi connectivity index (χ3v) is 8.32. The van der Waals surface area contributed by atoms with E-state index in [0.29, 0.717) is 31.7 Å². The Kier molecular flexibility index (Phi) is 10.3. The van der Waals surface area contributed by atoms with Crippen LogP contribution in [0.5, 0.6) is 5.75 Å². The summed E-state index contributed by atoms with van der Waals surface area (Å²) in [5, 5.41) is 11.9. The molecule has 1 fully saturated rings. The Labute approximate surface area is 222 Å². The molecule has 1 aliphatic rings. The highest BCUT2D eigenvalue weighted by molar-refractivity contribution is 7.89. The zero-order valence-corrected chi connectivity index (χ0v) is 22.6. The Balaban J connectivity index is 1.97. The second kappa shape index (κ2) is 13.2. The van der Waals surface area contributed by atoms with E-state index in [-0.39, 0.29) is 66.7 Å². The molecule has 0 atom stereocenters. The topological polar surface area (TPSA) is 147 Å². The molecule has 0 unspecified atom stereocenters. The van der Waals surface area contributed by atoms with Crippen molar-refractivity contribution in [3.05, 3.63) is 41.2 Å². The van der Waals surface area contributed by atoms with Crippen LogP contribution in [0.25, 0.3) is 0 Å². The number of carbonyl (C=O) groups is 2. The Hall–Kier alpha value is -3.00. The number of hydrogen-bond donors (Lipinski definition) is 3. The summed E-state index contributed by atoms with van der Waals surface area (Å²) in [6.07, 6.45) is 2.12. The van der Waals surface area contributed by atoms with E-state index < -0.39 is 28.5 Å². The zero-order chi connectivity index (χ0) is 27.9. The summed E-state index contributed by atoms with van der Waals surface area (Å²) in [5.74, 6) is -1.26. The largest absolute Gasteiger partial charge is 0.493 e. The van der Waals surface area contributed by atoms with Crippen LogP contribution in [-0.4, -0.2) is 91.7 Å². The number of β-amino-alcohol motifs (C(OH)–C–C–N with tert-alkyl or cyclic N) is 1. The Morgan fingerprint density at radius 1 is 1.18 bits per heavy atom. The minimum absolute atomic E-state index is 0.00128. The molecule has 1 aromatic heterocycles. The molecule has 1 saturated heterocycles. The number of nitrogens with zero attached hydrogens (tertiary/aromatic N) is 3. The first-order chi connectivity index (χ1) is 18.2. The van der Waals surface area contributed by atoms with Crippen LogP contribution in [0.1, 0.15) is 46.7 Å². The van der Waals surface area contributed by atoms with Gasteiger partial charge < -0.3 is 25.5 Å². The second-order valence-corrected chi connectivity index (χ2v) is 10.8. The molecule has 1 aliphatic heterocycles. The number of aliphatic hydroxyl groups excluding tert-OH is 1. The van der Waals surface area contributed by atoms with Crippen LogP contribution in [0.3, 0.4) is 0 Å². The summed E-state index contributed by atoms with van der Waals surface area (Å²) in [5.41, 5.74) is 6.39. The van der Waals surface area contributed by atoms with Gasteiger partial charge >= 0.3 is 0 Å². The Morgan fingerprint density at radius 3 is 2.47 bits per heavy atom. The fourth-order valence-corrected chi connectivity index (χ4v) is 5.96. The van der Waals surface area contributed by atoms with Gasteiger partial charge in [-0.15, -0.1) is 0 Å². The summed E-state index contributed by atoms with van der Waals surface area (Å²) in [4.78, 5) is 27.7. The van der Waals surface area contributed by atoms with E-state index >= 15 is 0 Å². The zero-order valence-electron chi connectivity index (χ0n) is 21.8. The van der Waals surface area contributed by atoms with Gasteiger partial charge in [0.15, 0.2) is 0 Å². The van der Waals surface area contributed by atoms with E-state index in [1.54, 1.807) is 17.7 Å². The van der Waals surface area contributed by atoms with Crippen molar-refractivity contribution in [3.63, 3.8) is 0 Å². The first-order valence-corrected chi connectivity index (χ1v) is 14.1. The molecule has 0 spiro atoms. The first kappa shape index (κ1) is 29.6. The third kappa shape index (κ3) is 6.52. The molecule has 4 N–H and O–H groups in total. The molecular weight excluding hydrogens is 517 g/mol. The maximum absolute atomic E-state index is 13.5. The van der Waals surface area contributed by atoms with E-state index in [1.165, 1.54) is 22.5 Å². The number of benzene rings is 1. The van der Waals surface area contributed by atoms with Gasteiger partial charge in [-0.1, -0.05) is 0 Å². The van der Waals surface area contributed by atoms with Crippen LogP contribution >= 0.6 is 0 Å². The summed E-state index contributed by atoms with van der Waals surface area (Å²) in [7, 11) is -3.91. The molecule has 38 heavy (non-hydrogen) atoms. The average Bonchev–Trinajstić information content (AvgIpc) is 3.25. The highest BCUT2D eigenvalue weighted by Crippen LogP contribution is 2.30. The molecule has 3 rings (SSSR count). The fraction of sp³-hybridized carbons (Fsp3) is 0.520. The molecule has 0 aliphatic carbocycles. The molecule has 210 valence electrons. The molecule has 2 heterocycles. The number of primary amides is 1. The molecule has 2 aromatic rings. The number of rotatable bonds is 13. The number of aromatic nitrogens is 1. The summed E-state index contributed by atoms with van der Waals surface area (Å²) in [6, 6.07) is 4.09. The summed E-state index contributed by atoms with van der Waals surface area (Å²) >= 11 is 0. The van der Waals surface area contributed by atoms with Crippen molar-refractivity contribution in [1.82, 2.24) is 13.8 Å². The maximum Gasteiger partial charge on any atom is 0.267 e. The first-order valence-electron chi connectivity index (χ1n) is 12.7. The predicted octanol–water partition coefficient (Wildman–Crippen LogP) is 1.46. The van der Waals surface area contributed by atoms with Crippen molar-refractivity contribution < 1.29 is 32.2 Å². The summed E-state index contributed by atoms with van der Waals surface area (Å²) in [6.45, 7) is 5.55. The Morgan fingerprint density at radius 2 is 1.89 bits per heavy atom. The van der Waals surface area contributed by atoms with Gasteiger partial charge in [0, 0.05) is 45.5 Å². The highest BCUT2D eigenvalue weighted by atomic mass is 32.2. The predicted molar refractivity (Wildman–Crippen MR) is 141 cm³/mol. The van der Waals surface area contributed by atoms with E-state index in [4.69, 9.17) is 15.6 Å². The maximum atomic E-state index is 13.5. The van der Waals surface area contributed by atoms with Crippen LogP contribution in [0.15, 0.2) is 29.3 Å².